The number of halogens is 1. The van der Waals surface area contributed by atoms with Gasteiger partial charge in [0.15, 0.2) is 11.5 Å². The Bertz CT molecular complexity index is 1480. The Morgan fingerprint density at radius 2 is 1.78 bits per heavy atom. The van der Waals surface area contributed by atoms with Crippen molar-refractivity contribution in [2.24, 2.45) is 0 Å². The highest BCUT2D eigenvalue weighted by Crippen LogP contribution is 2.41. The van der Waals surface area contributed by atoms with E-state index in [4.69, 9.17) is 14.0 Å². The topological polar surface area (TPSA) is 89.7 Å². The highest BCUT2D eigenvalue weighted by molar-refractivity contribution is 6.01. The molecular formula is C27H21FN4O4. The first-order valence-corrected chi connectivity index (χ1v) is 11.4. The van der Waals surface area contributed by atoms with Gasteiger partial charge in [0.05, 0.1) is 17.3 Å². The third kappa shape index (κ3) is 3.84. The summed E-state index contributed by atoms with van der Waals surface area (Å²) < 4.78 is 30.8. The number of hydrogen-bond acceptors (Lipinski definition) is 6. The van der Waals surface area contributed by atoms with Crippen molar-refractivity contribution in [1.29, 1.82) is 0 Å². The Morgan fingerprint density at radius 1 is 0.972 bits per heavy atom. The summed E-state index contributed by atoms with van der Waals surface area (Å²) in [5.74, 6) is 1.27. The number of urea groups is 1. The fraction of sp³-hybridized carbons (Fsp3) is 0.148. The first-order valence-electron chi connectivity index (χ1n) is 11.4. The van der Waals surface area contributed by atoms with Crippen molar-refractivity contribution in [3.05, 3.63) is 95.8 Å². The Balaban J connectivity index is 1.48. The molecule has 1 N–H and O–H groups in total. The number of carbonyl (C=O) groups excluding carboxylic acids is 1. The second-order valence-corrected chi connectivity index (χ2v) is 8.39. The van der Waals surface area contributed by atoms with E-state index in [1.54, 1.807) is 35.2 Å². The van der Waals surface area contributed by atoms with Crippen molar-refractivity contribution < 1.29 is 23.2 Å². The van der Waals surface area contributed by atoms with Gasteiger partial charge in [-0.05, 0) is 36.8 Å². The minimum atomic E-state index is -0.534. The summed E-state index contributed by atoms with van der Waals surface area (Å²) in [6, 6.07) is 20.0. The molecule has 1 unspecified atom stereocenters. The van der Waals surface area contributed by atoms with Gasteiger partial charge >= 0.3 is 6.03 Å². The molecule has 2 amide bonds. The van der Waals surface area contributed by atoms with Crippen LogP contribution in [0.15, 0.2) is 83.0 Å². The van der Waals surface area contributed by atoms with Crippen LogP contribution in [0.25, 0.3) is 17.0 Å². The van der Waals surface area contributed by atoms with Crippen LogP contribution in [-0.2, 0) is 0 Å². The van der Waals surface area contributed by atoms with Crippen LogP contribution in [0.3, 0.4) is 0 Å². The van der Waals surface area contributed by atoms with Crippen molar-refractivity contribution in [2.45, 2.75) is 13.0 Å². The largest absolute Gasteiger partial charge is 0.486 e. The van der Waals surface area contributed by atoms with Crippen LogP contribution in [0.1, 0.15) is 24.4 Å². The van der Waals surface area contributed by atoms with Crippen LogP contribution in [0.2, 0.25) is 0 Å². The van der Waals surface area contributed by atoms with Gasteiger partial charge in [-0.25, -0.2) is 9.18 Å². The lowest BCUT2D eigenvalue weighted by Gasteiger charge is -2.35. The molecule has 3 aromatic carbocycles. The Hall–Kier alpha value is -4.66. The van der Waals surface area contributed by atoms with Crippen LogP contribution in [0.5, 0.6) is 11.5 Å². The lowest BCUT2D eigenvalue weighted by molar-refractivity contribution is 0.171. The maximum Gasteiger partial charge on any atom is 0.327 e. The molecule has 0 aliphatic carbocycles. The van der Waals surface area contributed by atoms with E-state index in [9.17, 15) is 9.18 Å². The smallest absolute Gasteiger partial charge is 0.327 e. The Labute approximate surface area is 206 Å². The number of benzene rings is 3. The monoisotopic (exact) mass is 484 g/mol. The first kappa shape index (κ1) is 21.8. The van der Waals surface area contributed by atoms with E-state index in [0.717, 1.165) is 5.56 Å². The number of carbonyl (C=O) groups is 1. The van der Waals surface area contributed by atoms with E-state index < -0.39 is 11.9 Å². The number of aromatic nitrogens is 2. The van der Waals surface area contributed by atoms with Crippen LogP contribution in [0.4, 0.5) is 14.9 Å². The second kappa shape index (κ2) is 8.84. The Kier molecular flexibility index (Phi) is 5.37. The van der Waals surface area contributed by atoms with E-state index in [1.807, 2.05) is 37.3 Å². The molecule has 0 spiro atoms. The van der Waals surface area contributed by atoms with Gasteiger partial charge in [-0.1, -0.05) is 47.6 Å². The summed E-state index contributed by atoms with van der Waals surface area (Å²) in [7, 11) is 0. The number of allylic oxidation sites excluding steroid dienone is 1. The molecule has 6 rings (SSSR count). The maximum atomic E-state index is 13.8. The van der Waals surface area contributed by atoms with E-state index in [0.29, 0.717) is 47.2 Å². The zero-order valence-electron chi connectivity index (χ0n) is 19.3. The lowest BCUT2D eigenvalue weighted by Crippen LogP contribution is -2.46. The predicted molar refractivity (Wildman–Crippen MR) is 130 cm³/mol. The molecule has 4 aromatic rings. The molecule has 2 aliphatic rings. The average molecular weight is 484 g/mol. The van der Waals surface area contributed by atoms with Gasteiger partial charge in [0, 0.05) is 17.3 Å². The highest BCUT2D eigenvalue weighted by atomic mass is 19.1. The molecule has 0 saturated carbocycles. The number of nitrogens with one attached hydrogen (secondary N) is 1. The van der Waals surface area contributed by atoms with Gasteiger partial charge in [-0.3, -0.25) is 4.90 Å². The molecule has 0 saturated heterocycles. The van der Waals surface area contributed by atoms with E-state index >= 15 is 0 Å². The SMILES string of the molecule is CC1=C(c2nc(-c3cccc(F)c3)no2)C(c2ccccc2)NC(=O)N1c1ccc2c(c1)OCCO2. The molecule has 8 nitrogen and oxygen atoms in total. The van der Waals surface area contributed by atoms with E-state index in [2.05, 4.69) is 15.5 Å². The molecule has 180 valence electrons. The van der Waals surface area contributed by atoms with Gasteiger partial charge in [-0.2, -0.15) is 4.98 Å². The normalized spacial score (nSPS) is 17.2. The lowest BCUT2D eigenvalue weighted by atomic mass is 9.94. The molecule has 1 atom stereocenters. The zero-order chi connectivity index (χ0) is 24.6. The number of anilines is 1. The van der Waals surface area contributed by atoms with Crippen molar-refractivity contribution in [1.82, 2.24) is 15.5 Å². The zero-order valence-corrected chi connectivity index (χ0v) is 19.3. The molecule has 0 bridgehead atoms. The van der Waals surface area contributed by atoms with Gasteiger partial charge in [0.25, 0.3) is 5.89 Å². The van der Waals surface area contributed by atoms with Crippen molar-refractivity contribution in [3.63, 3.8) is 0 Å². The molecule has 0 radical (unpaired) electrons. The van der Waals surface area contributed by atoms with Crippen LogP contribution in [-0.4, -0.2) is 29.4 Å². The summed E-state index contributed by atoms with van der Waals surface area (Å²) in [4.78, 5) is 19.5. The molecule has 0 fully saturated rings. The second-order valence-electron chi connectivity index (χ2n) is 8.39. The number of nitrogens with zero attached hydrogens (tertiary/aromatic N) is 3. The van der Waals surface area contributed by atoms with Crippen molar-refractivity contribution in [2.75, 3.05) is 18.1 Å². The van der Waals surface area contributed by atoms with Crippen LogP contribution in [0, 0.1) is 5.82 Å². The van der Waals surface area contributed by atoms with E-state index in [-0.39, 0.29) is 17.7 Å². The summed E-state index contributed by atoms with van der Waals surface area (Å²) in [6.07, 6.45) is 0. The van der Waals surface area contributed by atoms with Crippen LogP contribution < -0.4 is 19.7 Å². The van der Waals surface area contributed by atoms with Crippen molar-refractivity contribution >= 4 is 17.3 Å². The highest BCUT2D eigenvalue weighted by Gasteiger charge is 2.37. The quantitative estimate of drug-likeness (QED) is 0.420. The molecule has 2 aliphatic heterocycles. The molecular weight excluding hydrogens is 463 g/mol. The summed E-state index contributed by atoms with van der Waals surface area (Å²) in [6.45, 7) is 2.74. The summed E-state index contributed by atoms with van der Waals surface area (Å²) in [5.41, 5.74) is 3.18. The fourth-order valence-electron chi connectivity index (χ4n) is 4.48. The number of ether oxygens (including phenoxy) is 2. The third-order valence-electron chi connectivity index (χ3n) is 6.14. The van der Waals surface area contributed by atoms with E-state index in [1.165, 1.54) is 12.1 Å². The minimum Gasteiger partial charge on any atom is -0.486 e. The first-order chi connectivity index (χ1) is 17.6. The molecule has 3 heterocycles. The third-order valence-corrected chi connectivity index (χ3v) is 6.14. The Morgan fingerprint density at radius 3 is 2.58 bits per heavy atom. The molecule has 9 heteroatoms. The van der Waals surface area contributed by atoms with Gasteiger partial charge in [-0.15, -0.1) is 0 Å². The summed E-state index contributed by atoms with van der Waals surface area (Å²) >= 11 is 0. The predicted octanol–water partition coefficient (Wildman–Crippen LogP) is 5.35. The minimum absolute atomic E-state index is 0.225. The average Bonchev–Trinajstić information content (AvgIpc) is 3.39. The fourth-order valence-corrected chi connectivity index (χ4v) is 4.48. The maximum absolute atomic E-state index is 13.8. The number of amides is 2. The summed E-state index contributed by atoms with van der Waals surface area (Å²) in [5, 5.41) is 7.15. The number of hydrogen-bond donors (Lipinski definition) is 1. The van der Waals surface area contributed by atoms with Crippen molar-refractivity contribution in [3.8, 4) is 22.9 Å². The van der Waals surface area contributed by atoms with Gasteiger partial charge < -0.3 is 19.3 Å². The number of rotatable bonds is 4. The van der Waals surface area contributed by atoms with Gasteiger partial charge in [0.1, 0.15) is 19.0 Å². The van der Waals surface area contributed by atoms with Crippen LogP contribution >= 0.6 is 0 Å². The molecule has 36 heavy (non-hydrogen) atoms. The van der Waals surface area contributed by atoms with Gasteiger partial charge in [0.2, 0.25) is 5.82 Å². The molecule has 1 aromatic heterocycles. The standard InChI is InChI=1S/C27H21FN4O4/c1-16-23(26-30-25(31-36-26)18-8-5-9-19(28)14-18)24(17-6-3-2-4-7-17)29-27(33)32(16)20-10-11-21-22(15-20)35-13-12-34-21/h2-11,14-15,24H,12-13H2,1H3,(H,29,33). The number of fused-ring (bicyclic) bond motifs is 1.